The van der Waals surface area contributed by atoms with Gasteiger partial charge in [-0.15, -0.1) is 0 Å². The summed E-state index contributed by atoms with van der Waals surface area (Å²) >= 11 is 0. The molecule has 0 aliphatic rings. The van der Waals surface area contributed by atoms with Crippen LogP contribution >= 0.6 is 0 Å². The molecule has 0 fully saturated rings. The summed E-state index contributed by atoms with van der Waals surface area (Å²) in [5.74, 6) is -0.839. The molecule has 108 valence electrons. The zero-order valence-electron chi connectivity index (χ0n) is 11.8. The highest BCUT2D eigenvalue weighted by molar-refractivity contribution is 6.20. The van der Waals surface area contributed by atoms with Crippen molar-refractivity contribution in [3.63, 3.8) is 0 Å². The maximum atomic E-state index is 13.6. The summed E-state index contributed by atoms with van der Waals surface area (Å²) in [6, 6.07) is 11.4. The van der Waals surface area contributed by atoms with E-state index >= 15 is 0 Å². The molecule has 4 heteroatoms. The van der Waals surface area contributed by atoms with E-state index < -0.39 is 11.8 Å². The van der Waals surface area contributed by atoms with Crippen LogP contribution < -0.4 is 4.74 Å². The zero-order chi connectivity index (χ0) is 15.4. The van der Waals surface area contributed by atoms with Gasteiger partial charge in [0.2, 0.25) is 0 Å². The van der Waals surface area contributed by atoms with Crippen LogP contribution in [0.2, 0.25) is 0 Å². The van der Waals surface area contributed by atoms with Gasteiger partial charge in [0.15, 0.2) is 0 Å². The number of benzene rings is 2. The molecule has 2 aromatic carbocycles. The van der Waals surface area contributed by atoms with E-state index in [9.17, 15) is 14.3 Å². The quantitative estimate of drug-likeness (QED) is 0.687. The van der Waals surface area contributed by atoms with Crippen molar-refractivity contribution in [1.29, 1.82) is 0 Å². The van der Waals surface area contributed by atoms with Crippen LogP contribution in [0.1, 0.15) is 16.7 Å². The van der Waals surface area contributed by atoms with Gasteiger partial charge in [0.05, 0.1) is 12.7 Å². The lowest BCUT2D eigenvalue weighted by molar-refractivity contribution is -0.130. The molecule has 0 unspecified atom stereocenters. The number of methoxy groups -OCH3 is 1. The van der Waals surface area contributed by atoms with E-state index in [1.54, 1.807) is 50.4 Å². The fraction of sp³-hybridized carbons (Fsp3) is 0.118. The molecule has 0 radical (unpaired) electrons. The molecule has 1 N–H and O–H groups in total. The molecule has 0 bridgehead atoms. The molecule has 2 rings (SSSR count). The first-order valence-corrected chi connectivity index (χ1v) is 6.37. The average molecular weight is 286 g/mol. The molecule has 0 aliphatic heterocycles. The first-order chi connectivity index (χ1) is 10.0. The van der Waals surface area contributed by atoms with Crippen molar-refractivity contribution >= 4 is 17.6 Å². The molecule has 0 aliphatic carbocycles. The maximum Gasteiger partial charge on any atom is 0.336 e. The van der Waals surface area contributed by atoms with Gasteiger partial charge in [-0.1, -0.05) is 24.3 Å². The second-order valence-electron chi connectivity index (χ2n) is 4.60. The summed E-state index contributed by atoms with van der Waals surface area (Å²) in [4.78, 5) is 11.4. The van der Waals surface area contributed by atoms with E-state index in [2.05, 4.69) is 0 Å². The largest absolute Gasteiger partial charge is 0.497 e. The van der Waals surface area contributed by atoms with E-state index in [0.717, 1.165) is 0 Å². The minimum atomic E-state index is -1.10. The van der Waals surface area contributed by atoms with Crippen LogP contribution in [0.3, 0.4) is 0 Å². The summed E-state index contributed by atoms with van der Waals surface area (Å²) in [6.07, 6.45) is 1.51. The molecule has 0 heterocycles. The number of aliphatic carboxylic acids is 1. The van der Waals surface area contributed by atoms with E-state index in [1.807, 2.05) is 0 Å². The highest BCUT2D eigenvalue weighted by Gasteiger charge is 2.12. The standard InChI is InChI=1S/C17H15FO3/c1-11-3-6-13(10-16(11)18)15(17(19)20)9-12-4-7-14(21-2)8-5-12/h3-10H,1-2H3,(H,19,20)/b15-9-. The topological polar surface area (TPSA) is 46.5 Å². The van der Waals surface area contributed by atoms with E-state index in [4.69, 9.17) is 4.74 Å². The molecule has 2 aromatic rings. The fourth-order valence-electron chi connectivity index (χ4n) is 1.90. The summed E-state index contributed by atoms with van der Waals surface area (Å²) in [7, 11) is 1.56. The zero-order valence-corrected chi connectivity index (χ0v) is 11.8. The lowest BCUT2D eigenvalue weighted by Crippen LogP contribution is -2.00. The highest BCUT2D eigenvalue weighted by Crippen LogP contribution is 2.22. The molecular weight excluding hydrogens is 271 g/mol. The summed E-state index contributed by atoms with van der Waals surface area (Å²) in [5, 5.41) is 9.33. The van der Waals surface area contributed by atoms with Crippen molar-refractivity contribution in [2.75, 3.05) is 7.11 Å². The van der Waals surface area contributed by atoms with Crippen LogP contribution in [0, 0.1) is 12.7 Å². The predicted octanol–water partition coefficient (Wildman–Crippen LogP) is 3.77. The number of rotatable bonds is 4. The van der Waals surface area contributed by atoms with E-state index in [0.29, 0.717) is 22.4 Å². The normalized spacial score (nSPS) is 11.3. The third-order valence-electron chi connectivity index (χ3n) is 3.14. The lowest BCUT2D eigenvalue weighted by atomic mass is 10.0. The molecular formula is C17H15FO3. The van der Waals surface area contributed by atoms with Crippen LogP contribution in [0.25, 0.3) is 11.6 Å². The Kier molecular flexibility index (Phi) is 4.38. The molecule has 0 aromatic heterocycles. The first kappa shape index (κ1) is 14.8. The SMILES string of the molecule is COc1ccc(/C=C(\C(=O)O)c2ccc(C)c(F)c2)cc1. The van der Waals surface area contributed by atoms with Gasteiger partial charge in [-0.25, -0.2) is 9.18 Å². The van der Waals surface area contributed by atoms with Crippen molar-refractivity contribution < 1.29 is 19.0 Å². The number of carbonyl (C=O) groups is 1. The smallest absolute Gasteiger partial charge is 0.336 e. The Labute approximate surface area is 122 Å². The number of carboxylic acids is 1. The van der Waals surface area contributed by atoms with Gasteiger partial charge >= 0.3 is 5.97 Å². The first-order valence-electron chi connectivity index (χ1n) is 6.37. The van der Waals surface area contributed by atoms with Crippen LogP contribution in [-0.2, 0) is 4.79 Å². The van der Waals surface area contributed by atoms with Gasteiger partial charge in [0.25, 0.3) is 0 Å². The monoisotopic (exact) mass is 286 g/mol. The van der Waals surface area contributed by atoms with Crippen LogP contribution in [-0.4, -0.2) is 18.2 Å². The van der Waals surface area contributed by atoms with Crippen molar-refractivity contribution in [2.45, 2.75) is 6.92 Å². The number of hydrogen-bond donors (Lipinski definition) is 1. The van der Waals surface area contributed by atoms with Crippen molar-refractivity contribution in [3.05, 3.63) is 65.0 Å². The molecule has 0 saturated heterocycles. The van der Waals surface area contributed by atoms with Crippen LogP contribution in [0.5, 0.6) is 5.75 Å². The van der Waals surface area contributed by atoms with Gasteiger partial charge in [0.1, 0.15) is 11.6 Å². The second-order valence-corrected chi connectivity index (χ2v) is 4.60. The Morgan fingerprint density at radius 1 is 1.19 bits per heavy atom. The van der Waals surface area contributed by atoms with Crippen molar-refractivity contribution in [1.82, 2.24) is 0 Å². The van der Waals surface area contributed by atoms with Gasteiger partial charge < -0.3 is 9.84 Å². The second kappa shape index (κ2) is 6.22. The van der Waals surface area contributed by atoms with E-state index in [-0.39, 0.29) is 5.57 Å². The Balaban J connectivity index is 2.44. The minimum absolute atomic E-state index is 0.0408. The Morgan fingerprint density at radius 3 is 2.38 bits per heavy atom. The van der Waals surface area contributed by atoms with Crippen LogP contribution in [0.15, 0.2) is 42.5 Å². The molecule has 21 heavy (non-hydrogen) atoms. The molecule has 0 spiro atoms. The van der Waals surface area contributed by atoms with Gasteiger partial charge in [0, 0.05) is 0 Å². The Hall–Kier alpha value is -2.62. The number of halogens is 1. The predicted molar refractivity (Wildman–Crippen MR) is 79.6 cm³/mol. The maximum absolute atomic E-state index is 13.6. The molecule has 0 atom stereocenters. The Morgan fingerprint density at radius 2 is 1.86 bits per heavy atom. The third-order valence-corrected chi connectivity index (χ3v) is 3.14. The van der Waals surface area contributed by atoms with Gasteiger partial charge in [-0.3, -0.25) is 0 Å². The minimum Gasteiger partial charge on any atom is -0.497 e. The third kappa shape index (κ3) is 3.48. The summed E-state index contributed by atoms with van der Waals surface area (Å²) < 4.78 is 18.7. The van der Waals surface area contributed by atoms with Gasteiger partial charge in [-0.2, -0.15) is 0 Å². The van der Waals surface area contributed by atoms with Crippen LogP contribution in [0.4, 0.5) is 4.39 Å². The van der Waals surface area contributed by atoms with Crippen molar-refractivity contribution in [3.8, 4) is 5.75 Å². The average Bonchev–Trinajstić information content (AvgIpc) is 2.48. The molecule has 3 nitrogen and oxygen atoms in total. The molecule has 0 amide bonds. The number of carboxylic acid groups (broad SMARTS) is 1. The number of aryl methyl sites for hydroxylation is 1. The summed E-state index contributed by atoms with van der Waals surface area (Å²) in [6.45, 7) is 1.63. The van der Waals surface area contributed by atoms with Gasteiger partial charge in [-0.05, 0) is 47.9 Å². The Bertz CT molecular complexity index is 688. The molecule has 0 saturated carbocycles. The van der Waals surface area contributed by atoms with E-state index in [1.165, 1.54) is 12.1 Å². The highest BCUT2D eigenvalue weighted by atomic mass is 19.1. The van der Waals surface area contributed by atoms with Crippen molar-refractivity contribution in [2.24, 2.45) is 0 Å². The number of hydrogen-bond acceptors (Lipinski definition) is 2. The fourth-order valence-corrected chi connectivity index (χ4v) is 1.90. The summed E-state index contributed by atoms with van der Waals surface area (Å²) in [5.41, 5.74) is 1.56. The lowest BCUT2D eigenvalue weighted by Gasteiger charge is -2.06. The number of ether oxygens (including phenoxy) is 1.